The summed E-state index contributed by atoms with van der Waals surface area (Å²) < 4.78 is 1.44. The van der Waals surface area contributed by atoms with Crippen LogP contribution in [-0.4, -0.2) is 38.4 Å². The Morgan fingerprint density at radius 3 is 3.00 bits per heavy atom. The van der Waals surface area contributed by atoms with Crippen molar-refractivity contribution in [2.24, 2.45) is 0 Å². The normalized spacial score (nSPS) is 10.8. The number of aliphatic carboxylic acids is 1. The summed E-state index contributed by atoms with van der Waals surface area (Å²) in [4.78, 5) is 28.7. The molecule has 1 N–H and O–H groups in total. The van der Waals surface area contributed by atoms with Crippen molar-refractivity contribution in [3.05, 3.63) is 59.2 Å². The largest absolute Gasteiger partial charge is 0.480 e. The van der Waals surface area contributed by atoms with Crippen LogP contribution >= 0.6 is 0 Å². The van der Waals surface area contributed by atoms with Gasteiger partial charge >= 0.3 is 5.97 Å². The van der Waals surface area contributed by atoms with Crippen molar-refractivity contribution in [2.75, 3.05) is 13.1 Å². The molecule has 2 aromatic heterocycles. The van der Waals surface area contributed by atoms with Gasteiger partial charge in [0.2, 0.25) is 0 Å². The average Bonchev–Trinajstić information content (AvgIpc) is 2.38. The van der Waals surface area contributed by atoms with Crippen LogP contribution in [-0.2, 0) is 11.3 Å². The summed E-state index contributed by atoms with van der Waals surface area (Å²) in [6.07, 6.45) is 3.27. The highest BCUT2D eigenvalue weighted by molar-refractivity contribution is 5.69. The number of carbonyl (C=O) groups is 1. The molecule has 20 heavy (non-hydrogen) atoms. The third-order valence-corrected chi connectivity index (χ3v) is 2.76. The van der Waals surface area contributed by atoms with Crippen molar-refractivity contribution >= 4 is 11.6 Å². The first-order valence-electron chi connectivity index (χ1n) is 6.12. The number of rotatable bonds is 6. The quantitative estimate of drug-likeness (QED) is 0.787. The minimum absolute atomic E-state index is 0.123. The van der Waals surface area contributed by atoms with Gasteiger partial charge in [-0.25, -0.2) is 4.98 Å². The topological polar surface area (TPSA) is 74.9 Å². The van der Waals surface area contributed by atoms with Crippen LogP contribution in [0.1, 0.15) is 5.69 Å². The van der Waals surface area contributed by atoms with Crippen LogP contribution < -0.4 is 5.56 Å². The van der Waals surface area contributed by atoms with Crippen LogP contribution in [0.5, 0.6) is 0 Å². The fourth-order valence-electron chi connectivity index (χ4n) is 1.97. The number of carboxylic acids is 1. The van der Waals surface area contributed by atoms with Crippen LogP contribution in [0, 0.1) is 0 Å². The van der Waals surface area contributed by atoms with Crippen molar-refractivity contribution in [2.45, 2.75) is 6.54 Å². The molecule has 0 radical (unpaired) electrons. The molecule has 0 aliphatic heterocycles. The molecule has 6 heteroatoms. The zero-order chi connectivity index (χ0) is 14.5. The van der Waals surface area contributed by atoms with E-state index in [0.717, 1.165) is 0 Å². The van der Waals surface area contributed by atoms with Gasteiger partial charge in [0, 0.05) is 25.4 Å². The van der Waals surface area contributed by atoms with E-state index < -0.39 is 5.97 Å². The van der Waals surface area contributed by atoms with Crippen molar-refractivity contribution < 1.29 is 9.90 Å². The number of carboxylic acid groups (broad SMARTS) is 1. The molecule has 0 aliphatic carbocycles. The molecule has 0 unspecified atom stereocenters. The number of hydrogen-bond donors (Lipinski definition) is 1. The van der Waals surface area contributed by atoms with E-state index in [1.807, 2.05) is 0 Å². The molecule has 0 spiro atoms. The van der Waals surface area contributed by atoms with E-state index in [2.05, 4.69) is 11.6 Å². The van der Waals surface area contributed by atoms with Crippen LogP contribution in [0.3, 0.4) is 0 Å². The lowest BCUT2D eigenvalue weighted by molar-refractivity contribution is -0.138. The van der Waals surface area contributed by atoms with Gasteiger partial charge < -0.3 is 5.11 Å². The summed E-state index contributed by atoms with van der Waals surface area (Å²) in [6, 6.07) is 6.71. The van der Waals surface area contributed by atoms with Gasteiger partial charge in [-0.3, -0.25) is 18.9 Å². The molecule has 0 aromatic carbocycles. The number of nitrogens with zero attached hydrogens (tertiary/aromatic N) is 3. The second-order valence-corrected chi connectivity index (χ2v) is 4.37. The number of hydrogen-bond acceptors (Lipinski definition) is 4. The zero-order valence-corrected chi connectivity index (χ0v) is 10.9. The highest BCUT2D eigenvalue weighted by Crippen LogP contribution is 2.03. The summed E-state index contributed by atoms with van der Waals surface area (Å²) in [5, 5.41) is 8.85. The molecule has 0 fully saturated rings. The zero-order valence-electron chi connectivity index (χ0n) is 10.9. The van der Waals surface area contributed by atoms with Gasteiger partial charge in [0.15, 0.2) is 0 Å². The Morgan fingerprint density at radius 2 is 2.30 bits per heavy atom. The fourth-order valence-corrected chi connectivity index (χ4v) is 1.97. The Balaban J connectivity index is 2.30. The number of pyridine rings is 1. The summed E-state index contributed by atoms with van der Waals surface area (Å²) >= 11 is 0. The predicted octanol–water partition coefficient (Wildman–Crippen LogP) is 0.767. The average molecular weight is 273 g/mol. The highest BCUT2D eigenvalue weighted by atomic mass is 16.4. The van der Waals surface area contributed by atoms with Gasteiger partial charge in [-0.1, -0.05) is 12.1 Å². The molecule has 0 amide bonds. The van der Waals surface area contributed by atoms with E-state index in [9.17, 15) is 9.59 Å². The molecule has 0 aliphatic rings. The predicted molar refractivity (Wildman–Crippen MR) is 74.6 cm³/mol. The third-order valence-electron chi connectivity index (χ3n) is 2.76. The van der Waals surface area contributed by atoms with Crippen molar-refractivity contribution in [3.63, 3.8) is 0 Å². The molecule has 104 valence electrons. The van der Waals surface area contributed by atoms with Crippen LogP contribution in [0.4, 0.5) is 0 Å². The lowest BCUT2D eigenvalue weighted by atomic mass is 10.3. The SMILES string of the molecule is C=CCN(CC(=O)O)Cc1cc(=O)n2ccccc2n1. The van der Waals surface area contributed by atoms with E-state index in [1.165, 1.54) is 10.5 Å². The first-order valence-corrected chi connectivity index (χ1v) is 6.12. The molecule has 0 saturated heterocycles. The van der Waals surface area contributed by atoms with Gasteiger partial charge in [0.05, 0.1) is 12.2 Å². The summed E-state index contributed by atoms with van der Waals surface area (Å²) in [5.74, 6) is -0.927. The van der Waals surface area contributed by atoms with E-state index in [0.29, 0.717) is 24.4 Å². The second-order valence-electron chi connectivity index (χ2n) is 4.37. The van der Waals surface area contributed by atoms with Crippen molar-refractivity contribution in [1.29, 1.82) is 0 Å². The smallest absolute Gasteiger partial charge is 0.317 e. The summed E-state index contributed by atoms with van der Waals surface area (Å²) in [7, 11) is 0. The Morgan fingerprint density at radius 1 is 1.50 bits per heavy atom. The Bertz CT molecular complexity index is 693. The van der Waals surface area contributed by atoms with Gasteiger partial charge in [-0.05, 0) is 12.1 Å². The first-order chi connectivity index (χ1) is 9.60. The van der Waals surface area contributed by atoms with E-state index in [4.69, 9.17) is 5.11 Å². The Kier molecular flexibility index (Phi) is 4.27. The molecule has 0 saturated carbocycles. The summed E-state index contributed by atoms with van der Waals surface area (Å²) in [5.41, 5.74) is 0.910. The maximum Gasteiger partial charge on any atom is 0.317 e. The lowest BCUT2D eigenvalue weighted by Crippen LogP contribution is -2.30. The van der Waals surface area contributed by atoms with E-state index >= 15 is 0 Å². The lowest BCUT2D eigenvalue weighted by Gasteiger charge is -2.17. The van der Waals surface area contributed by atoms with Gasteiger partial charge in [-0.2, -0.15) is 0 Å². The standard InChI is InChI=1S/C14H15N3O3/c1-2-6-16(10-14(19)20)9-11-8-13(18)17-7-4-3-5-12(17)15-11/h2-5,7-8H,1,6,9-10H2,(H,19,20). The van der Waals surface area contributed by atoms with Crippen LogP contribution in [0.2, 0.25) is 0 Å². The maximum absolute atomic E-state index is 11.9. The molecule has 6 nitrogen and oxygen atoms in total. The highest BCUT2D eigenvalue weighted by Gasteiger charge is 2.11. The maximum atomic E-state index is 11.9. The van der Waals surface area contributed by atoms with Crippen LogP contribution in [0.25, 0.3) is 5.65 Å². The van der Waals surface area contributed by atoms with Gasteiger partial charge in [0.1, 0.15) is 5.65 Å². The minimum Gasteiger partial charge on any atom is -0.480 e. The molecule has 0 bridgehead atoms. The van der Waals surface area contributed by atoms with E-state index in [-0.39, 0.29) is 12.1 Å². The first kappa shape index (κ1) is 14.0. The van der Waals surface area contributed by atoms with Crippen LogP contribution in [0.15, 0.2) is 47.9 Å². The fraction of sp³-hybridized carbons (Fsp3) is 0.214. The second kappa shape index (κ2) is 6.12. The van der Waals surface area contributed by atoms with E-state index in [1.54, 1.807) is 35.4 Å². The Labute approximate surface area is 115 Å². The Hall–Kier alpha value is -2.47. The van der Waals surface area contributed by atoms with Gasteiger partial charge in [-0.15, -0.1) is 6.58 Å². The molecule has 2 aromatic rings. The molecular weight excluding hydrogens is 258 g/mol. The third kappa shape index (κ3) is 3.30. The molecule has 0 atom stereocenters. The molecular formula is C14H15N3O3. The van der Waals surface area contributed by atoms with Crippen molar-refractivity contribution in [3.8, 4) is 0 Å². The van der Waals surface area contributed by atoms with Gasteiger partial charge in [0.25, 0.3) is 5.56 Å². The number of aromatic nitrogens is 2. The number of fused-ring (bicyclic) bond motifs is 1. The minimum atomic E-state index is -0.927. The van der Waals surface area contributed by atoms with Crippen molar-refractivity contribution in [1.82, 2.24) is 14.3 Å². The summed E-state index contributed by atoms with van der Waals surface area (Å²) in [6.45, 7) is 4.18. The monoisotopic (exact) mass is 273 g/mol. The molecule has 2 heterocycles. The molecule has 2 rings (SSSR count).